The Hall–Kier alpha value is -0.830. The molecule has 0 radical (unpaired) electrons. The van der Waals surface area contributed by atoms with Crippen LogP contribution in [0.3, 0.4) is 0 Å². The van der Waals surface area contributed by atoms with E-state index >= 15 is 0 Å². The Bertz CT molecular complexity index is 534. The van der Waals surface area contributed by atoms with Gasteiger partial charge in [0.2, 0.25) is 0 Å². The molecule has 19 heavy (non-hydrogen) atoms. The molecule has 1 aliphatic heterocycles. The molecule has 1 unspecified atom stereocenters. The first kappa shape index (κ1) is 13.2. The first-order valence-corrected chi connectivity index (χ1v) is 7.78. The van der Waals surface area contributed by atoms with Crippen molar-refractivity contribution >= 4 is 21.7 Å². The fraction of sp³-hybridized carbons (Fsp3) is 0.562. The maximum absolute atomic E-state index is 12.3. The van der Waals surface area contributed by atoms with E-state index in [1.54, 1.807) is 0 Å². The van der Waals surface area contributed by atoms with Gasteiger partial charge in [-0.15, -0.1) is 0 Å². The van der Waals surface area contributed by atoms with Gasteiger partial charge in [-0.2, -0.15) is 0 Å². The molecule has 1 saturated carbocycles. The highest BCUT2D eigenvalue weighted by Crippen LogP contribution is 2.66. The Balaban J connectivity index is 1.96. The van der Waals surface area contributed by atoms with Gasteiger partial charge in [0.05, 0.1) is 11.4 Å². The van der Waals surface area contributed by atoms with Crippen molar-refractivity contribution in [1.82, 2.24) is 0 Å². The molecule has 2 nitrogen and oxygen atoms in total. The Morgan fingerprint density at radius 3 is 2.89 bits per heavy atom. The van der Waals surface area contributed by atoms with Gasteiger partial charge in [-0.05, 0) is 24.0 Å². The lowest BCUT2D eigenvalue weighted by Gasteiger charge is -2.08. The van der Waals surface area contributed by atoms with Crippen LogP contribution in [0.1, 0.15) is 37.8 Å². The van der Waals surface area contributed by atoms with Crippen molar-refractivity contribution in [3.05, 3.63) is 29.3 Å². The molecule has 1 aliphatic carbocycles. The molecule has 0 bridgehead atoms. The standard InChI is InChI=1S/C16H19BrO2/c1-9(17)15(18)14-13(16(14,2)3)11-5-4-6-12-10(11)7-8-19-12/h4-6,9,13-14H,7-8H2,1-3H3/t9?,13-,14+/m1/s1. The SMILES string of the molecule is CC(Br)C(=O)[C@@H]1[C@@H](c2cccc3c2CCO3)C1(C)C. The minimum absolute atomic E-state index is 0.0604. The van der Waals surface area contributed by atoms with Crippen molar-refractivity contribution in [2.24, 2.45) is 11.3 Å². The summed E-state index contributed by atoms with van der Waals surface area (Å²) >= 11 is 3.42. The molecule has 0 amide bonds. The lowest BCUT2D eigenvalue weighted by molar-refractivity contribution is -0.120. The Morgan fingerprint density at radius 1 is 1.47 bits per heavy atom. The summed E-state index contributed by atoms with van der Waals surface area (Å²) in [5.74, 6) is 1.82. The zero-order valence-corrected chi connectivity index (χ0v) is 13.2. The van der Waals surface area contributed by atoms with Crippen LogP contribution in [0.5, 0.6) is 5.75 Å². The van der Waals surface area contributed by atoms with Gasteiger partial charge in [-0.1, -0.05) is 41.9 Å². The molecule has 1 aromatic carbocycles. The number of alkyl halides is 1. The first-order valence-electron chi connectivity index (χ1n) is 6.87. The second-order valence-corrected chi connectivity index (χ2v) is 7.59. The van der Waals surface area contributed by atoms with Crippen molar-refractivity contribution in [3.63, 3.8) is 0 Å². The number of rotatable bonds is 3. The normalized spacial score (nSPS) is 28.4. The van der Waals surface area contributed by atoms with E-state index in [9.17, 15) is 4.79 Å². The van der Waals surface area contributed by atoms with E-state index in [1.807, 2.05) is 19.1 Å². The van der Waals surface area contributed by atoms with Gasteiger partial charge in [-0.3, -0.25) is 4.79 Å². The van der Waals surface area contributed by atoms with Gasteiger partial charge in [0.1, 0.15) is 11.5 Å². The smallest absolute Gasteiger partial charge is 0.150 e. The van der Waals surface area contributed by atoms with E-state index in [0.717, 1.165) is 18.8 Å². The fourth-order valence-electron chi connectivity index (χ4n) is 3.54. The number of carbonyl (C=O) groups excluding carboxylic acids is 1. The van der Waals surface area contributed by atoms with Crippen LogP contribution < -0.4 is 4.74 Å². The summed E-state index contributed by atoms with van der Waals surface area (Å²) in [7, 11) is 0. The van der Waals surface area contributed by atoms with E-state index in [4.69, 9.17) is 4.74 Å². The van der Waals surface area contributed by atoms with Gasteiger partial charge < -0.3 is 4.74 Å². The number of carbonyl (C=O) groups is 1. The quantitative estimate of drug-likeness (QED) is 0.793. The van der Waals surface area contributed by atoms with Crippen molar-refractivity contribution in [2.75, 3.05) is 6.61 Å². The minimum atomic E-state index is -0.0604. The molecule has 3 atom stereocenters. The summed E-state index contributed by atoms with van der Waals surface area (Å²) in [5, 5.41) is 0. The zero-order chi connectivity index (χ0) is 13.8. The predicted molar refractivity (Wildman–Crippen MR) is 79.0 cm³/mol. The van der Waals surface area contributed by atoms with Crippen LogP contribution in [0.25, 0.3) is 0 Å². The third-order valence-electron chi connectivity index (χ3n) is 4.64. The topological polar surface area (TPSA) is 26.3 Å². The van der Waals surface area contributed by atoms with Crippen LogP contribution in [0.4, 0.5) is 0 Å². The second kappa shape index (κ2) is 4.34. The molecule has 0 N–H and O–H groups in total. The average molecular weight is 323 g/mol. The minimum Gasteiger partial charge on any atom is -0.493 e. The van der Waals surface area contributed by atoms with Gasteiger partial charge >= 0.3 is 0 Å². The average Bonchev–Trinajstić information content (AvgIpc) is 2.75. The third-order valence-corrected chi connectivity index (χ3v) is 5.09. The summed E-state index contributed by atoms with van der Waals surface area (Å²) in [6, 6.07) is 6.25. The number of ether oxygens (including phenoxy) is 1. The highest BCUT2D eigenvalue weighted by atomic mass is 79.9. The fourth-order valence-corrected chi connectivity index (χ4v) is 3.82. The van der Waals surface area contributed by atoms with E-state index in [1.165, 1.54) is 11.1 Å². The lowest BCUT2D eigenvalue weighted by Crippen LogP contribution is -2.15. The molecule has 1 heterocycles. The summed E-state index contributed by atoms with van der Waals surface area (Å²) in [4.78, 5) is 12.3. The molecule has 0 aromatic heterocycles. The number of ketones is 1. The van der Waals surface area contributed by atoms with Gasteiger partial charge in [0, 0.05) is 23.8 Å². The van der Waals surface area contributed by atoms with Crippen LogP contribution >= 0.6 is 15.9 Å². The molecular formula is C16H19BrO2. The number of benzene rings is 1. The van der Waals surface area contributed by atoms with Gasteiger partial charge in [0.15, 0.2) is 0 Å². The third kappa shape index (κ3) is 1.94. The summed E-state index contributed by atoms with van der Waals surface area (Å²) in [6.45, 7) is 7.09. The summed E-state index contributed by atoms with van der Waals surface area (Å²) in [6.07, 6.45) is 0.975. The molecule has 2 aliphatic rings. The highest BCUT2D eigenvalue weighted by Gasteiger charge is 2.62. The first-order chi connectivity index (χ1) is 8.94. The maximum Gasteiger partial charge on any atom is 0.150 e. The van der Waals surface area contributed by atoms with Crippen molar-refractivity contribution in [2.45, 2.75) is 37.9 Å². The molecule has 3 heteroatoms. The Kier molecular flexibility index (Phi) is 3.01. The molecule has 1 fully saturated rings. The van der Waals surface area contributed by atoms with E-state index in [2.05, 4.69) is 35.8 Å². The summed E-state index contributed by atoms with van der Waals surface area (Å²) < 4.78 is 5.63. The van der Waals surface area contributed by atoms with Gasteiger partial charge in [-0.25, -0.2) is 0 Å². The summed E-state index contributed by atoms with van der Waals surface area (Å²) in [5.41, 5.74) is 2.71. The monoisotopic (exact) mass is 322 g/mol. The van der Waals surface area contributed by atoms with Crippen molar-refractivity contribution < 1.29 is 9.53 Å². The van der Waals surface area contributed by atoms with Crippen LogP contribution in [-0.4, -0.2) is 17.2 Å². The molecule has 102 valence electrons. The van der Waals surface area contributed by atoms with Crippen LogP contribution in [0.2, 0.25) is 0 Å². The molecule has 1 aromatic rings. The van der Waals surface area contributed by atoms with E-state index in [-0.39, 0.29) is 16.2 Å². The van der Waals surface area contributed by atoms with Gasteiger partial charge in [0.25, 0.3) is 0 Å². The van der Waals surface area contributed by atoms with Crippen LogP contribution in [-0.2, 0) is 11.2 Å². The molecule has 0 spiro atoms. The zero-order valence-electron chi connectivity index (χ0n) is 11.6. The Morgan fingerprint density at radius 2 is 2.21 bits per heavy atom. The lowest BCUT2D eigenvalue weighted by atomic mass is 9.96. The number of hydrogen-bond acceptors (Lipinski definition) is 2. The molecule has 3 rings (SSSR count). The number of hydrogen-bond donors (Lipinski definition) is 0. The number of Topliss-reactive ketones (excluding diaryl/α,β-unsaturated/α-hetero) is 1. The van der Waals surface area contributed by atoms with E-state index < -0.39 is 0 Å². The number of halogens is 1. The Labute approximate surface area is 122 Å². The van der Waals surface area contributed by atoms with Crippen molar-refractivity contribution in [1.29, 1.82) is 0 Å². The van der Waals surface area contributed by atoms with Crippen molar-refractivity contribution in [3.8, 4) is 5.75 Å². The maximum atomic E-state index is 12.3. The second-order valence-electron chi connectivity index (χ2n) is 6.22. The molecule has 0 saturated heterocycles. The van der Waals surface area contributed by atoms with Crippen LogP contribution in [0.15, 0.2) is 18.2 Å². The molecular weight excluding hydrogens is 304 g/mol. The van der Waals surface area contributed by atoms with E-state index in [0.29, 0.717) is 11.7 Å². The largest absolute Gasteiger partial charge is 0.493 e. The number of fused-ring (bicyclic) bond motifs is 1. The highest BCUT2D eigenvalue weighted by molar-refractivity contribution is 9.10. The van der Waals surface area contributed by atoms with Crippen LogP contribution in [0, 0.1) is 11.3 Å². The predicted octanol–water partition coefficient (Wildman–Crippen LogP) is 3.71.